The Bertz CT molecular complexity index is 549. The van der Waals surface area contributed by atoms with Crippen molar-refractivity contribution in [2.45, 2.75) is 6.04 Å². The molecule has 0 saturated heterocycles. The minimum absolute atomic E-state index is 0.0282. The minimum Gasteiger partial charge on any atom is -0.308 e. The summed E-state index contributed by atoms with van der Waals surface area (Å²) >= 11 is 14.6. The summed E-state index contributed by atoms with van der Waals surface area (Å²) in [7, 11) is 3.76. The third-order valence-corrected chi connectivity index (χ3v) is 4.64. The van der Waals surface area contributed by atoms with E-state index in [1.807, 2.05) is 32.3 Å². The van der Waals surface area contributed by atoms with E-state index in [0.717, 1.165) is 19.9 Å². The first-order valence-electron chi connectivity index (χ1n) is 5.34. The average molecular weight is 396 g/mol. The number of hydrogen-bond acceptors (Lipinski definition) is 2. The molecule has 0 bridgehead atoms. The Balaban J connectivity index is 2.48. The summed E-state index contributed by atoms with van der Waals surface area (Å²) in [6, 6.07) is 5.96. The average Bonchev–Trinajstić information content (AvgIpc) is 2.66. The Morgan fingerprint density at radius 3 is 2.56 bits per heavy atom. The zero-order valence-electron chi connectivity index (χ0n) is 9.92. The van der Waals surface area contributed by atoms with Crippen LogP contribution < -0.4 is 5.32 Å². The summed E-state index contributed by atoms with van der Waals surface area (Å²) in [4.78, 5) is 0. The van der Waals surface area contributed by atoms with Crippen LogP contribution >= 0.6 is 45.8 Å². The van der Waals surface area contributed by atoms with Crippen molar-refractivity contribution in [3.05, 3.63) is 49.3 Å². The van der Waals surface area contributed by atoms with E-state index < -0.39 is 0 Å². The molecule has 2 rings (SSSR count). The number of aryl methyl sites for hydroxylation is 1. The normalized spacial score (nSPS) is 12.7. The van der Waals surface area contributed by atoms with Gasteiger partial charge in [0.25, 0.3) is 0 Å². The van der Waals surface area contributed by atoms with Crippen molar-refractivity contribution in [2.75, 3.05) is 7.05 Å². The van der Waals surface area contributed by atoms with Crippen molar-refractivity contribution in [2.24, 2.45) is 7.05 Å². The predicted molar refractivity (Wildman–Crippen MR) is 83.3 cm³/mol. The number of aromatic nitrogens is 2. The van der Waals surface area contributed by atoms with Crippen LogP contribution in [-0.2, 0) is 7.05 Å². The number of nitrogens with zero attached hydrogens (tertiary/aromatic N) is 2. The molecule has 3 nitrogen and oxygen atoms in total. The molecule has 1 N–H and O–H groups in total. The molecule has 0 aliphatic heterocycles. The third kappa shape index (κ3) is 2.66. The summed E-state index contributed by atoms with van der Waals surface area (Å²) in [6.45, 7) is 0. The number of rotatable bonds is 3. The largest absolute Gasteiger partial charge is 0.308 e. The quantitative estimate of drug-likeness (QED) is 0.804. The van der Waals surface area contributed by atoms with Crippen LogP contribution in [0, 0.1) is 3.57 Å². The Morgan fingerprint density at radius 1 is 1.33 bits per heavy atom. The molecule has 0 aliphatic carbocycles. The van der Waals surface area contributed by atoms with Gasteiger partial charge in [0.05, 0.1) is 28.0 Å². The van der Waals surface area contributed by atoms with E-state index in [1.54, 1.807) is 10.9 Å². The lowest BCUT2D eigenvalue weighted by Crippen LogP contribution is -2.21. The van der Waals surface area contributed by atoms with E-state index in [4.69, 9.17) is 23.2 Å². The lowest BCUT2D eigenvalue weighted by Gasteiger charge is -2.18. The SMILES string of the molecule is CNC(c1ccc(I)c(Cl)c1)c1c(Cl)cnn1C. The van der Waals surface area contributed by atoms with Gasteiger partial charge >= 0.3 is 0 Å². The summed E-state index contributed by atoms with van der Waals surface area (Å²) in [5, 5.41) is 8.79. The number of halogens is 3. The van der Waals surface area contributed by atoms with Crippen molar-refractivity contribution in [1.82, 2.24) is 15.1 Å². The highest BCUT2D eigenvalue weighted by atomic mass is 127. The van der Waals surface area contributed by atoms with Crippen LogP contribution in [0.15, 0.2) is 24.4 Å². The van der Waals surface area contributed by atoms with Gasteiger partial charge in [-0.25, -0.2) is 0 Å². The summed E-state index contributed by atoms with van der Waals surface area (Å²) in [6.07, 6.45) is 1.65. The summed E-state index contributed by atoms with van der Waals surface area (Å²) < 4.78 is 2.80. The van der Waals surface area contributed by atoms with Crippen molar-refractivity contribution >= 4 is 45.8 Å². The molecule has 1 aromatic carbocycles. The second kappa shape index (κ2) is 5.77. The lowest BCUT2D eigenvalue weighted by molar-refractivity contribution is 0.606. The molecule has 0 saturated carbocycles. The molecule has 0 amide bonds. The van der Waals surface area contributed by atoms with E-state index in [0.29, 0.717) is 5.02 Å². The van der Waals surface area contributed by atoms with E-state index in [9.17, 15) is 0 Å². The molecular weight excluding hydrogens is 384 g/mol. The Kier molecular flexibility index (Phi) is 4.53. The Hall–Kier alpha value is -0.300. The molecule has 6 heteroatoms. The molecule has 1 heterocycles. The fourth-order valence-corrected chi connectivity index (χ4v) is 2.70. The predicted octanol–water partition coefficient (Wildman–Crippen LogP) is 3.64. The maximum atomic E-state index is 6.18. The zero-order chi connectivity index (χ0) is 13.3. The van der Waals surface area contributed by atoms with Crippen molar-refractivity contribution in [3.8, 4) is 0 Å². The van der Waals surface area contributed by atoms with Crippen LogP contribution in [0.2, 0.25) is 10.0 Å². The first kappa shape index (κ1) is 14.1. The van der Waals surface area contributed by atoms with Gasteiger partial charge < -0.3 is 5.32 Å². The first-order valence-corrected chi connectivity index (χ1v) is 7.17. The van der Waals surface area contributed by atoms with E-state index in [1.165, 1.54) is 0 Å². The van der Waals surface area contributed by atoms with Gasteiger partial charge in [0.1, 0.15) is 0 Å². The number of nitrogens with one attached hydrogen (secondary N) is 1. The van der Waals surface area contributed by atoms with Gasteiger partial charge in [0.15, 0.2) is 0 Å². The molecule has 0 aliphatic rings. The molecule has 0 radical (unpaired) electrons. The molecule has 1 atom stereocenters. The molecule has 0 spiro atoms. The van der Waals surface area contributed by atoms with Gasteiger partial charge in [-0.3, -0.25) is 4.68 Å². The van der Waals surface area contributed by atoms with Gasteiger partial charge in [-0.05, 0) is 47.3 Å². The highest BCUT2D eigenvalue weighted by Crippen LogP contribution is 2.30. The van der Waals surface area contributed by atoms with E-state index in [-0.39, 0.29) is 6.04 Å². The van der Waals surface area contributed by atoms with Crippen LogP contribution in [0.1, 0.15) is 17.3 Å². The van der Waals surface area contributed by atoms with E-state index >= 15 is 0 Å². The van der Waals surface area contributed by atoms with Crippen LogP contribution in [0.3, 0.4) is 0 Å². The van der Waals surface area contributed by atoms with Crippen LogP contribution in [0.5, 0.6) is 0 Å². The van der Waals surface area contributed by atoms with Crippen LogP contribution in [-0.4, -0.2) is 16.8 Å². The molecule has 1 aromatic heterocycles. The number of benzene rings is 1. The van der Waals surface area contributed by atoms with Crippen molar-refractivity contribution in [1.29, 1.82) is 0 Å². The van der Waals surface area contributed by atoms with Crippen LogP contribution in [0.25, 0.3) is 0 Å². The molecule has 18 heavy (non-hydrogen) atoms. The Morgan fingerprint density at radius 2 is 2.06 bits per heavy atom. The van der Waals surface area contributed by atoms with Gasteiger partial charge in [0.2, 0.25) is 0 Å². The second-order valence-corrected chi connectivity index (χ2v) is 5.87. The van der Waals surface area contributed by atoms with Gasteiger partial charge in [-0.15, -0.1) is 0 Å². The standard InChI is InChI=1S/C12H12Cl2IN3/c1-16-11(12-9(14)6-17-18(12)2)7-3-4-10(15)8(13)5-7/h3-6,11,16H,1-2H3. The monoisotopic (exact) mass is 395 g/mol. The number of hydrogen-bond donors (Lipinski definition) is 1. The van der Waals surface area contributed by atoms with Crippen molar-refractivity contribution in [3.63, 3.8) is 0 Å². The fraction of sp³-hybridized carbons (Fsp3) is 0.250. The molecular formula is C12H12Cl2IN3. The van der Waals surface area contributed by atoms with Crippen molar-refractivity contribution < 1.29 is 0 Å². The third-order valence-electron chi connectivity index (χ3n) is 2.78. The summed E-state index contributed by atoms with van der Waals surface area (Å²) in [5.41, 5.74) is 1.99. The first-order chi connectivity index (χ1) is 8.54. The molecule has 0 fully saturated rings. The molecule has 1 unspecified atom stereocenters. The van der Waals surface area contributed by atoms with E-state index in [2.05, 4.69) is 33.0 Å². The van der Waals surface area contributed by atoms with Gasteiger partial charge in [0, 0.05) is 10.6 Å². The topological polar surface area (TPSA) is 29.9 Å². The maximum absolute atomic E-state index is 6.18. The smallest absolute Gasteiger partial charge is 0.0837 e. The van der Waals surface area contributed by atoms with Gasteiger partial charge in [-0.2, -0.15) is 5.10 Å². The van der Waals surface area contributed by atoms with Gasteiger partial charge in [-0.1, -0.05) is 29.3 Å². The van der Waals surface area contributed by atoms with Crippen LogP contribution in [0.4, 0.5) is 0 Å². The maximum Gasteiger partial charge on any atom is 0.0837 e. The molecule has 96 valence electrons. The second-order valence-electron chi connectivity index (χ2n) is 3.90. The molecule has 2 aromatic rings. The lowest BCUT2D eigenvalue weighted by atomic mass is 10.0. The summed E-state index contributed by atoms with van der Waals surface area (Å²) in [5.74, 6) is 0. The highest BCUT2D eigenvalue weighted by Gasteiger charge is 2.19. The zero-order valence-corrected chi connectivity index (χ0v) is 13.6. The fourth-order valence-electron chi connectivity index (χ4n) is 1.90. The highest BCUT2D eigenvalue weighted by molar-refractivity contribution is 14.1. The minimum atomic E-state index is -0.0282. The Labute approximate surface area is 130 Å².